The van der Waals surface area contributed by atoms with Gasteiger partial charge in [-0.25, -0.2) is 0 Å². The van der Waals surface area contributed by atoms with Crippen molar-refractivity contribution in [2.45, 2.75) is 72.0 Å². The van der Waals surface area contributed by atoms with Crippen LogP contribution in [0.25, 0.3) is 0 Å². The summed E-state index contributed by atoms with van der Waals surface area (Å²) in [5.74, 6) is 0.391. The van der Waals surface area contributed by atoms with Crippen LogP contribution < -0.4 is 5.32 Å². The highest BCUT2D eigenvalue weighted by atomic mass is 16.2. The largest absolute Gasteiger partial charge is 0.340 e. The lowest BCUT2D eigenvalue weighted by molar-refractivity contribution is -0.157. The lowest BCUT2D eigenvalue weighted by Crippen LogP contribution is -2.70. The molecule has 1 aliphatic rings. The Labute approximate surface area is 110 Å². The van der Waals surface area contributed by atoms with E-state index in [1.165, 1.54) is 0 Å². The van der Waals surface area contributed by atoms with E-state index in [2.05, 4.69) is 19.2 Å². The summed E-state index contributed by atoms with van der Waals surface area (Å²) in [5, 5.41) is 2.85. The fraction of sp³-hybridized carbons (Fsp3) is 0.857. The van der Waals surface area contributed by atoms with Crippen molar-refractivity contribution in [3.63, 3.8) is 0 Å². The molecule has 1 N–H and O–H groups in total. The molecule has 4 atom stereocenters. The van der Waals surface area contributed by atoms with Gasteiger partial charge in [0.25, 0.3) is 0 Å². The molecule has 0 bridgehead atoms. The Morgan fingerprint density at radius 3 is 2.33 bits per heavy atom. The molecule has 1 aliphatic heterocycles. The Kier molecular flexibility index (Phi) is 4.41. The van der Waals surface area contributed by atoms with Gasteiger partial charge in [0.05, 0.1) is 0 Å². The first-order valence-corrected chi connectivity index (χ1v) is 6.93. The maximum Gasteiger partial charge on any atom is 0.248 e. The van der Waals surface area contributed by atoms with Gasteiger partial charge in [-0.15, -0.1) is 0 Å². The van der Waals surface area contributed by atoms with E-state index in [1.54, 1.807) is 11.8 Å². The molecule has 1 saturated heterocycles. The average Bonchev–Trinajstić information content (AvgIpc) is 2.35. The van der Waals surface area contributed by atoms with Crippen LogP contribution in [0.4, 0.5) is 0 Å². The summed E-state index contributed by atoms with van der Waals surface area (Å²) in [6, 6.07) is -0.282. The fourth-order valence-corrected chi connectivity index (χ4v) is 2.41. The molecule has 0 spiro atoms. The third-order valence-corrected chi connectivity index (χ3v) is 4.52. The van der Waals surface area contributed by atoms with Crippen molar-refractivity contribution in [3.8, 4) is 0 Å². The van der Waals surface area contributed by atoms with Crippen LogP contribution in [-0.2, 0) is 9.59 Å². The van der Waals surface area contributed by atoms with Gasteiger partial charge in [-0.2, -0.15) is 0 Å². The van der Waals surface area contributed by atoms with E-state index in [0.717, 1.165) is 6.42 Å². The third-order valence-electron chi connectivity index (χ3n) is 4.52. The first-order valence-electron chi connectivity index (χ1n) is 6.93. The SMILES string of the molecule is CCC(C)C(C)N1C(=O)C(C)(CC)NC(=O)C1C. The molecule has 0 radical (unpaired) electrons. The molecule has 1 heterocycles. The summed E-state index contributed by atoms with van der Waals surface area (Å²) in [6.07, 6.45) is 1.62. The van der Waals surface area contributed by atoms with Crippen molar-refractivity contribution in [2.24, 2.45) is 5.92 Å². The number of hydrogen-bond acceptors (Lipinski definition) is 2. The molecule has 104 valence electrons. The summed E-state index contributed by atoms with van der Waals surface area (Å²) in [4.78, 5) is 26.4. The number of piperazine rings is 1. The van der Waals surface area contributed by atoms with Crippen molar-refractivity contribution in [1.29, 1.82) is 0 Å². The van der Waals surface area contributed by atoms with Crippen LogP contribution in [0.3, 0.4) is 0 Å². The molecule has 4 heteroatoms. The van der Waals surface area contributed by atoms with Crippen LogP contribution in [0.5, 0.6) is 0 Å². The second-order valence-corrected chi connectivity index (χ2v) is 5.69. The third kappa shape index (κ3) is 2.38. The smallest absolute Gasteiger partial charge is 0.248 e. The van der Waals surface area contributed by atoms with E-state index in [0.29, 0.717) is 12.3 Å². The summed E-state index contributed by atoms with van der Waals surface area (Å²) in [5.41, 5.74) is -0.745. The van der Waals surface area contributed by atoms with Gasteiger partial charge in [0, 0.05) is 6.04 Å². The topological polar surface area (TPSA) is 49.4 Å². The first-order chi connectivity index (χ1) is 8.28. The zero-order valence-corrected chi connectivity index (χ0v) is 12.4. The van der Waals surface area contributed by atoms with Gasteiger partial charge in [0.2, 0.25) is 11.8 Å². The maximum atomic E-state index is 12.6. The van der Waals surface area contributed by atoms with Crippen LogP contribution in [0.1, 0.15) is 54.4 Å². The summed E-state index contributed by atoms with van der Waals surface area (Å²) >= 11 is 0. The van der Waals surface area contributed by atoms with Gasteiger partial charge < -0.3 is 10.2 Å². The number of carbonyl (C=O) groups is 2. The molecule has 2 amide bonds. The van der Waals surface area contributed by atoms with Crippen LogP contribution >= 0.6 is 0 Å². The highest BCUT2D eigenvalue weighted by Crippen LogP contribution is 2.26. The van der Waals surface area contributed by atoms with E-state index < -0.39 is 5.54 Å². The highest BCUT2D eigenvalue weighted by molar-refractivity contribution is 5.99. The Balaban J connectivity index is 3.06. The number of hydrogen-bond donors (Lipinski definition) is 1. The van der Waals surface area contributed by atoms with Crippen molar-refractivity contribution in [3.05, 3.63) is 0 Å². The van der Waals surface area contributed by atoms with Crippen LogP contribution in [0.15, 0.2) is 0 Å². The predicted octanol–water partition coefficient (Wildman–Crippen LogP) is 1.94. The van der Waals surface area contributed by atoms with E-state index >= 15 is 0 Å². The standard InChI is InChI=1S/C14H26N2O2/c1-7-9(3)10(4)16-11(5)12(17)15-14(6,8-2)13(16)18/h9-11H,7-8H2,1-6H3,(H,15,17). The Morgan fingerprint density at radius 2 is 1.89 bits per heavy atom. The van der Waals surface area contributed by atoms with Crippen LogP contribution in [0.2, 0.25) is 0 Å². The number of nitrogens with one attached hydrogen (secondary N) is 1. The van der Waals surface area contributed by atoms with Gasteiger partial charge in [0.15, 0.2) is 0 Å². The number of nitrogens with zero attached hydrogens (tertiary/aromatic N) is 1. The summed E-state index contributed by atoms with van der Waals surface area (Å²) in [7, 11) is 0. The quantitative estimate of drug-likeness (QED) is 0.833. The zero-order chi connectivity index (χ0) is 14.1. The van der Waals surface area contributed by atoms with E-state index in [-0.39, 0.29) is 23.9 Å². The van der Waals surface area contributed by atoms with Crippen molar-refractivity contribution in [1.82, 2.24) is 10.2 Å². The predicted molar refractivity (Wildman–Crippen MR) is 72.1 cm³/mol. The lowest BCUT2D eigenvalue weighted by atomic mass is 9.88. The van der Waals surface area contributed by atoms with Gasteiger partial charge in [-0.3, -0.25) is 9.59 Å². The number of amides is 2. The first kappa shape index (κ1) is 15.0. The molecule has 4 nitrogen and oxygen atoms in total. The lowest BCUT2D eigenvalue weighted by Gasteiger charge is -2.47. The molecule has 1 rings (SSSR count). The van der Waals surface area contributed by atoms with Gasteiger partial charge >= 0.3 is 0 Å². The van der Waals surface area contributed by atoms with E-state index in [9.17, 15) is 9.59 Å². The van der Waals surface area contributed by atoms with Gasteiger partial charge in [0.1, 0.15) is 11.6 Å². The molecule has 4 unspecified atom stereocenters. The molecule has 1 fully saturated rings. The second-order valence-electron chi connectivity index (χ2n) is 5.69. The van der Waals surface area contributed by atoms with Crippen molar-refractivity contribution >= 4 is 11.8 Å². The Bertz CT molecular complexity index is 343. The number of carbonyl (C=O) groups excluding carboxylic acids is 2. The maximum absolute atomic E-state index is 12.6. The minimum Gasteiger partial charge on any atom is -0.340 e. The number of rotatable bonds is 4. The molecule has 0 aromatic carbocycles. The van der Waals surface area contributed by atoms with E-state index in [4.69, 9.17) is 0 Å². The molecule has 0 saturated carbocycles. The summed E-state index contributed by atoms with van der Waals surface area (Å²) < 4.78 is 0. The van der Waals surface area contributed by atoms with Gasteiger partial charge in [-0.1, -0.05) is 27.2 Å². The van der Waals surface area contributed by atoms with Crippen LogP contribution in [0, 0.1) is 5.92 Å². The monoisotopic (exact) mass is 254 g/mol. The molecular weight excluding hydrogens is 228 g/mol. The minimum absolute atomic E-state index is 0.0462. The van der Waals surface area contributed by atoms with Crippen LogP contribution in [-0.4, -0.2) is 34.3 Å². The Morgan fingerprint density at radius 1 is 1.33 bits per heavy atom. The molecule has 0 aromatic rings. The molecule has 0 aromatic heterocycles. The molecule has 18 heavy (non-hydrogen) atoms. The molecular formula is C14H26N2O2. The molecule has 0 aliphatic carbocycles. The zero-order valence-electron chi connectivity index (χ0n) is 12.4. The Hall–Kier alpha value is -1.06. The van der Waals surface area contributed by atoms with E-state index in [1.807, 2.05) is 20.8 Å². The second kappa shape index (κ2) is 5.29. The minimum atomic E-state index is -0.745. The van der Waals surface area contributed by atoms with Crippen molar-refractivity contribution < 1.29 is 9.59 Å². The average molecular weight is 254 g/mol. The van der Waals surface area contributed by atoms with Crippen molar-refractivity contribution in [2.75, 3.05) is 0 Å². The summed E-state index contributed by atoms with van der Waals surface area (Å²) in [6.45, 7) is 11.8. The van der Waals surface area contributed by atoms with Gasteiger partial charge in [-0.05, 0) is 33.1 Å². The normalized spacial score (nSPS) is 32.1. The highest BCUT2D eigenvalue weighted by Gasteiger charge is 2.47. The fourth-order valence-electron chi connectivity index (χ4n) is 2.41.